The predicted octanol–water partition coefficient (Wildman–Crippen LogP) is 3.95. The highest BCUT2D eigenvalue weighted by Crippen LogP contribution is 2.24. The molecule has 0 nitrogen and oxygen atoms in total. The SMILES string of the molecule is Fc1ccc(C([Si]CCl)c2ccc(F)cc2)cc1. The summed E-state index contributed by atoms with van der Waals surface area (Å²) in [5.41, 5.74) is 2.63. The monoisotopic (exact) mass is 280 g/mol. The van der Waals surface area contributed by atoms with Crippen molar-refractivity contribution in [2.45, 2.75) is 5.54 Å². The Balaban J connectivity index is 2.33. The molecule has 0 unspecified atom stereocenters. The van der Waals surface area contributed by atoms with Crippen LogP contribution in [0.25, 0.3) is 0 Å². The van der Waals surface area contributed by atoms with E-state index in [0.29, 0.717) is 15.0 Å². The van der Waals surface area contributed by atoms with Gasteiger partial charge in [-0.2, -0.15) is 0 Å². The zero-order chi connectivity index (χ0) is 13.0. The Bertz CT molecular complexity index is 451. The van der Waals surface area contributed by atoms with Gasteiger partial charge in [0.1, 0.15) is 11.6 Å². The molecule has 2 rings (SSSR count). The Morgan fingerprint density at radius 1 is 0.833 bits per heavy atom. The summed E-state index contributed by atoms with van der Waals surface area (Å²) >= 11 is 5.82. The van der Waals surface area contributed by atoms with E-state index in [-0.39, 0.29) is 17.2 Å². The lowest BCUT2D eigenvalue weighted by atomic mass is 10.0. The van der Waals surface area contributed by atoms with Crippen LogP contribution in [0.1, 0.15) is 16.7 Å². The van der Waals surface area contributed by atoms with Gasteiger partial charge in [-0.15, -0.1) is 11.6 Å². The van der Waals surface area contributed by atoms with E-state index in [1.807, 2.05) is 0 Å². The topological polar surface area (TPSA) is 0 Å². The third-order valence-corrected chi connectivity index (χ3v) is 4.38. The standard InChI is InChI=1S/C14H11ClF2Si/c15-9-18-14(10-1-5-12(16)6-2-10)11-3-7-13(17)8-4-11/h1-8,14H,9H2. The molecule has 0 heterocycles. The fourth-order valence-corrected chi connectivity index (χ4v) is 3.29. The van der Waals surface area contributed by atoms with Crippen molar-refractivity contribution in [2.75, 3.05) is 5.50 Å². The molecule has 0 aliphatic rings. The van der Waals surface area contributed by atoms with Crippen LogP contribution in [0.3, 0.4) is 0 Å². The Morgan fingerprint density at radius 3 is 1.56 bits per heavy atom. The van der Waals surface area contributed by atoms with Crippen molar-refractivity contribution in [3.8, 4) is 0 Å². The maximum Gasteiger partial charge on any atom is 0.123 e. The highest BCUT2D eigenvalue weighted by Gasteiger charge is 2.14. The highest BCUT2D eigenvalue weighted by molar-refractivity contribution is 6.52. The summed E-state index contributed by atoms with van der Waals surface area (Å²) in [6, 6.07) is 12.8. The fourth-order valence-electron chi connectivity index (χ4n) is 1.82. The lowest BCUT2D eigenvalue weighted by Gasteiger charge is -2.16. The summed E-state index contributed by atoms with van der Waals surface area (Å²) in [6.07, 6.45) is 0. The van der Waals surface area contributed by atoms with E-state index in [4.69, 9.17) is 11.6 Å². The predicted molar refractivity (Wildman–Crippen MR) is 71.1 cm³/mol. The van der Waals surface area contributed by atoms with E-state index >= 15 is 0 Å². The van der Waals surface area contributed by atoms with E-state index in [2.05, 4.69) is 0 Å². The van der Waals surface area contributed by atoms with Crippen molar-refractivity contribution in [3.63, 3.8) is 0 Å². The molecule has 0 aliphatic heterocycles. The molecule has 0 saturated carbocycles. The van der Waals surface area contributed by atoms with Crippen LogP contribution in [0.15, 0.2) is 48.5 Å². The first kappa shape index (κ1) is 13.2. The summed E-state index contributed by atoms with van der Waals surface area (Å²) in [5.74, 6) is -0.517. The fraction of sp³-hybridized carbons (Fsp3) is 0.143. The van der Waals surface area contributed by atoms with E-state index in [0.717, 1.165) is 11.1 Å². The van der Waals surface area contributed by atoms with Crippen LogP contribution in [-0.2, 0) is 0 Å². The van der Waals surface area contributed by atoms with E-state index < -0.39 is 0 Å². The molecule has 2 aromatic rings. The summed E-state index contributed by atoms with van der Waals surface area (Å²) in [6.45, 7) is 0. The van der Waals surface area contributed by atoms with Gasteiger partial charge in [0.25, 0.3) is 0 Å². The Kier molecular flexibility index (Phi) is 4.50. The normalized spacial score (nSPS) is 10.9. The lowest BCUT2D eigenvalue weighted by Crippen LogP contribution is -2.11. The molecular weight excluding hydrogens is 270 g/mol. The number of benzene rings is 2. The first-order chi connectivity index (χ1) is 8.70. The van der Waals surface area contributed by atoms with Gasteiger partial charge >= 0.3 is 0 Å². The third kappa shape index (κ3) is 3.18. The van der Waals surface area contributed by atoms with Crippen LogP contribution in [-0.4, -0.2) is 15.0 Å². The van der Waals surface area contributed by atoms with Gasteiger partial charge in [0, 0.05) is 11.0 Å². The molecule has 0 fully saturated rings. The van der Waals surface area contributed by atoms with Gasteiger partial charge in [0.05, 0.1) is 9.52 Å². The molecule has 0 bridgehead atoms. The lowest BCUT2D eigenvalue weighted by molar-refractivity contribution is 0.626. The molecule has 2 radical (unpaired) electrons. The summed E-state index contributed by atoms with van der Waals surface area (Å²) in [7, 11) is 0.475. The van der Waals surface area contributed by atoms with Crippen LogP contribution in [0, 0.1) is 11.6 Å². The molecule has 0 saturated heterocycles. The zero-order valence-electron chi connectivity index (χ0n) is 9.54. The van der Waals surface area contributed by atoms with E-state index in [1.54, 1.807) is 24.3 Å². The molecule has 0 spiro atoms. The minimum absolute atomic E-state index is 0.101. The third-order valence-electron chi connectivity index (χ3n) is 2.69. The molecular formula is C14H11ClF2Si. The largest absolute Gasteiger partial charge is 0.207 e. The minimum Gasteiger partial charge on any atom is -0.207 e. The Morgan fingerprint density at radius 2 is 1.22 bits per heavy atom. The van der Waals surface area contributed by atoms with Crippen molar-refractivity contribution in [3.05, 3.63) is 71.3 Å². The average Bonchev–Trinajstić information content (AvgIpc) is 2.39. The van der Waals surface area contributed by atoms with Crippen LogP contribution in [0.2, 0.25) is 0 Å². The Labute approximate surface area is 112 Å². The Hall–Kier alpha value is -1.19. The zero-order valence-corrected chi connectivity index (χ0v) is 11.3. The second-order valence-corrected chi connectivity index (χ2v) is 5.93. The van der Waals surface area contributed by atoms with Crippen molar-refractivity contribution in [1.82, 2.24) is 0 Å². The minimum atomic E-state index is -0.259. The second kappa shape index (κ2) is 6.11. The second-order valence-electron chi connectivity index (χ2n) is 3.87. The summed E-state index contributed by atoms with van der Waals surface area (Å²) in [5, 5.41) is 0. The molecule has 0 amide bonds. The molecule has 0 atom stereocenters. The van der Waals surface area contributed by atoms with Crippen molar-refractivity contribution in [2.24, 2.45) is 0 Å². The summed E-state index contributed by atoms with van der Waals surface area (Å²) in [4.78, 5) is 0. The number of hydrogen-bond donors (Lipinski definition) is 0. The number of halogens is 3. The van der Waals surface area contributed by atoms with Gasteiger partial charge in [-0.25, -0.2) is 8.78 Å². The number of hydrogen-bond acceptors (Lipinski definition) is 0. The van der Waals surface area contributed by atoms with Gasteiger partial charge in [-0.05, 0) is 35.4 Å². The maximum atomic E-state index is 12.9. The maximum absolute atomic E-state index is 12.9. The molecule has 92 valence electrons. The van der Waals surface area contributed by atoms with Gasteiger partial charge in [-0.3, -0.25) is 0 Å². The number of rotatable bonds is 4. The van der Waals surface area contributed by atoms with E-state index in [1.165, 1.54) is 24.3 Å². The van der Waals surface area contributed by atoms with Gasteiger partial charge in [0.15, 0.2) is 0 Å². The van der Waals surface area contributed by atoms with Crippen LogP contribution < -0.4 is 0 Å². The van der Waals surface area contributed by atoms with Gasteiger partial charge in [-0.1, -0.05) is 24.3 Å². The van der Waals surface area contributed by atoms with Crippen LogP contribution in [0.4, 0.5) is 8.78 Å². The molecule has 4 heteroatoms. The van der Waals surface area contributed by atoms with Crippen LogP contribution >= 0.6 is 11.6 Å². The first-order valence-corrected chi connectivity index (χ1v) is 7.33. The molecule has 2 aromatic carbocycles. The molecule has 0 aliphatic carbocycles. The van der Waals surface area contributed by atoms with Crippen molar-refractivity contribution in [1.29, 1.82) is 0 Å². The quantitative estimate of drug-likeness (QED) is 0.587. The summed E-state index contributed by atoms with van der Waals surface area (Å²) < 4.78 is 25.8. The van der Waals surface area contributed by atoms with Crippen molar-refractivity contribution >= 4 is 21.1 Å². The number of alkyl halides is 1. The first-order valence-electron chi connectivity index (χ1n) is 5.51. The molecule has 0 N–H and O–H groups in total. The molecule has 0 aromatic heterocycles. The highest BCUT2D eigenvalue weighted by atomic mass is 35.5. The smallest absolute Gasteiger partial charge is 0.123 e. The van der Waals surface area contributed by atoms with Crippen molar-refractivity contribution < 1.29 is 8.78 Å². The van der Waals surface area contributed by atoms with Crippen LogP contribution in [0.5, 0.6) is 0 Å². The van der Waals surface area contributed by atoms with E-state index in [9.17, 15) is 8.78 Å². The van der Waals surface area contributed by atoms with Gasteiger partial charge in [0.2, 0.25) is 0 Å². The van der Waals surface area contributed by atoms with Gasteiger partial charge < -0.3 is 0 Å². The average molecular weight is 281 g/mol. The molecule has 18 heavy (non-hydrogen) atoms.